The standard InChI is InChI=1S/C35H27ClN4O2/c36-37-18-8-19-40-34(41)30-28-24-13-3-5-15-26(24)38-32(28)33-29(31(30)35(40)42)25-14-4-6-16-27(25)39(33)20-17-22-11-7-10-21-9-1-2-12-23(21)22/h1-7,9-16,37-38H,8,17-20H2. The Bertz CT molecular complexity index is 2220. The monoisotopic (exact) mass is 570 g/mol. The number of aromatic amines is 1. The first kappa shape index (κ1) is 25.1. The van der Waals surface area contributed by atoms with E-state index < -0.39 is 0 Å². The van der Waals surface area contributed by atoms with E-state index in [0.29, 0.717) is 37.2 Å². The van der Waals surface area contributed by atoms with Crippen LogP contribution in [-0.4, -0.2) is 39.4 Å². The maximum atomic E-state index is 14.1. The van der Waals surface area contributed by atoms with Crippen LogP contribution in [0.2, 0.25) is 0 Å². The van der Waals surface area contributed by atoms with Gasteiger partial charge in [0, 0.05) is 52.2 Å². The zero-order chi connectivity index (χ0) is 28.4. The molecule has 2 aromatic heterocycles. The zero-order valence-corrected chi connectivity index (χ0v) is 23.5. The van der Waals surface area contributed by atoms with E-state index in [4.69, 9.17) is 11.8 Å². The van der Waals surface area contributed by atoms with Gasteiger partial charge in [0.1, 0.15) is 0 Å². The van der Waals surface area contributed by atoms with Gasteiger partial charge < -0.3 is 9.55 Å². The van der Waals surface area contributed by atoms with Gasteiger partial charge in [-0.15, -0.1) is 0 Å². The normalized spacial score (nSPS) is 13.5. The number of halogens is 1. The summed E-state index contributed by atoms with van der Waals surface area (Å²) in [7, 11) is 0. The summed E-state index contributed by atoms with van der Waals surface area (Å²) in [6.45, 7) is 1.52. The summed E-state index contributed by atoms with van der Waals surface area (Å²) in [6.07, 6.45) is 1.39. The first-order chi connectivity index (χ1) is 20.7. The molecule has 6 nitrogen and oxygen atoms in total. The molecule has 2 N–H and O–H groups in total. The van der Waals surface area contributed by atoms with Crippen molar-refractivity contribution in [3.05, 3.63) is 108 Å². The van der Waals surface area contributed by atoms with Gasteiger partial charge in [0.25, 0.3) is 11.8 Å². The highest BCUT2D eigenvalue weighted by Crippen LogP contribution is 2.45. The van der Waals surface area contributed by atoms with Gasteiger partial charge in [-0.3, -0.25) is 14.5 Å². The Labute approximate surface area is 246 Å². The number of aryl methyl sites for hydroxylation is 2. The van der Waals surface area contributed by atoms with E-state index in [1.807, 2.05) is 36.4 Å². The Hall–Kier alpha value is -4.65. The fourth-order valence-electron chi connectivity index (χ4n) is 6.92. The van der Waals surface area contributed by atoms with Crippen molar-refractivity contribution < 1.29 is 9.59 Å². The van der Waals surface area contributed by atoms with Crippen molar-refractivity contribution in [3.63, 3.8) is 0 Å². The third-order valence-corrected chi connectivity index (χ3v) is 8.91. The van der Waals surface area contributed by atoms with Gasteiger partial charge >= 0.3 is 0 Å². The Morgan fingerprint density at radius 3 is 2.24 bits per heavy atom. The fraction of sp³-hybridized carbons (Fsp3) is 0.143. The number of hydrogen-bond donors (Lipinski definition) is 2. The van der Waals surface area contributed by atoms with E-state index in [1.54, 1.807) is 0 Å². The second-order valence-corrected chi connectivity index (χ2v) is 11.2. The molecule has 0 fully saturated rings. The van der Waals surface area contributed by atoms with Gasteiger partial charge in [0.05, 0.1) is 22.2 Å². The topological polar surface area (TPSA) is 70.1 Å². The van der Waals surface area contributed by atoms with Crippen LogP contribution < -0.4 is 4.84 Å². The molecule has 0 radical (unpaired) electrons. The van der Waals surface area contributed by atoms with Crippen LogP contribution in [0.5, 0.6) is 0 Å². The number of imide groups is 1. The summed E-state index contributed by atoms with van der Waals surface area (Å²) in [4.78, 5) is 35.8. The average molecular weight is 571 g/mol. The molecule has 7 heteroatoms. The van der Waals surface area contributed by atoms with Gasteiger partial charge in [-0.05, 0) is 53.1 Å². The number of para-hydroxylation sites is 2. The molecule has 5 aromatic carbocycles. The number of carbonyl (C=O) groups excluding carboxylic acids is 2. The second-order valence-electron chi connectivity index (χ2n) is 11.0. The zero-order valence-electron chi connectivity index (χ0n) is 22.8. The smallest absolute Gasteiger partial charge is 0.262 e. The van der Waals surface area contributed by atoms with Crippen LogP contribution in [0.25, 0.3) is 54.4 Å². The highest BCUT2D eigenvalue weighted by atomic mass is 35.5. The van der Waals surface area contributed by atoms with Crippen LogP contribution in [0, 0.1) is 0 Å². The third kappa shape index (κ3) is 3.55. The summed E-state index contributed by atoms with van der Waals surface area (Å²) in [5.74, 6) is -0.479. The minimum Gasteiger partial charge on any atom is -0.353 e. The van der Waals surface area contributed by atoms with Gasteiger partial charge in [-0.25, -0.2) is 4.84 Å². The van der Waals surface area contributed by atoms with Crippen molar-refractivity contribution in [2.45, 2.75) is 19.4 Å². The average Bonchev–Trinajstić information content (AvgIpc) is 3.64. The van der Waals surface area contributed by atoms with Crippen LogP contribution in [0.4, 0.5) is 0 Å². The van der Waals surface area contributed by atoms with Crippen molar-refractivity contribution in [1.29, 1.82) is 0 Å². The SMILES string of the molecule is O=C1c2c(c3c4ccccc4n(CCc4cccc5ccccc45)c3c3[nH]c4ccccc4c23)C(=O)N1CCCNCl. The number of hydrogen-bond acceptors (Lipinski definition) is 3. The predicted molar refractivity (Wildman–Crippen MR) is 170 cm³/mol. The van der Waals surface area contributed by atoms with Gasteiger partial charge in [0.15, 0.2) is 0 Å². The molecule has 0 saturated heterocycles. The lowest BCUT2D eigenvalue weighted by Gasteiger charge is -2.12. The van der Waals surface area contributed by atoms with Gasteiger partial charge in [0.2, 0.25) is 0 Å². The van der Waals surface area contributed by atoms with E-state index in [1.165, 1.54) is 21.2 Å². The van der Waals surface area contributed by atoms with Crippen LogP contribution in [0.1, 0.15) is 32.7 Å². The fourth-order valence-corrected chi connectivity index (χ4v) is 7.05. The maximum Gasteiger partial charge on any atom is 0.262 e. The maximum absolute atomic E-state index is 14.1. The highest BCUT2D eigenvalue weighted by molar-refractivity contribution is 6.39. The second kappa shape index (κ2) is 9.72. The molecule has 2 amide bonds. The number of amides is 2. The molecular formula is C35H27ClN4O2. The number of fused-ring (bicyclic) bond motifs is 11. The summed E-state index contributed by atoms with van der Waals surface area (Å²) >= 11 is 5.68. The molecule has 1 aliphatic heterocycles. The van der Waals surface area contributed by atoms with E-state index in [9.17, 15) is 9.59 Å². The summed E-state index contributed by atoms with van der Waals surface area (Å²) in [5, 5.41) is 6.06. The molecule has 0 spiro atoms. The van der Waals surface area contributed by atoms with Crippen LogP contribution in [-0.2, 0) is 13.0 Å². The first-order valence-electron chi connectivity index (χ1n) is 14.3. The molecule has 8 rings (SSSR count). The number of nitrogens with one attached hydrogen (secondary N) is 2. The Morgan fingerprint density at radius 2 is 1.40 bits per heavy atom. The lowest BCUT2D eigenvalue weighted by Crippen LogP contribution is -2.31. The number of H-pyrrole nitrogens is 1. The van der Waals surface area contributed by atoms with Gasteiger partial charge in [-0.2, -0.15) is 0 Å². The molecule has 7 aromatic rings. The number of nitrogens with zero attached hydrogens (tertiary/aromatic N) is 2. The van der Waals surface area contributed by atoms with E-state index in [0.717, 1.165) is 50.0 Å². The third-order valence-electron chi connectivity index (χ3n) is 8.72. The minimum absolute atomic E-state index is 0.237. The summed E-state index contributed by atoms with van der Waals surface area (Å²) < 4.78 is 2.34. The molecule has 0 aliphatic carbocycles. The molecule has 0 unspecified atom stereocenters. The van der Waals surface area contributed by atoms with Crippen molar-refractivity contribution >= 4 is 78.0 Å². The van der Waals surface area contributed by atoms with E-state index in [2.05, 4.69) is 69.0 Å². The summed E-state index contributed by atoms with van der Waals surface area (Å²) in [6, 6.07) is 31.2. The molecule has 42 heavy (non-hydrogen) atoms. The Morgan fingerprint density at radius 1 is 0.714 bits per heavy atom. The highest BCUT2D eigenvalue weighted by Gasteiger charge is 2.41. The van der Waals surface area contributed by atoms with Crippen molar-refractivity contribution in [2.24, 2.45) is 0 Å². The Balaban J connectivity index is 1.42. The Kier molecular flexibility index (Phi) is 5.81. The molecule has 0 atom stereocenters. The predicted octanol–water partition coefficient (Wildman–Crippen LogP) is 7.55. The number of carbonyl (C=O) groups is 2. The van der Waals surface area contributed by atoms with Crippen LogP contribution in [0.3, 0.4) is 0 Å². The van der Waals surface area contributed by atoms with Crippen molar-refractivity contribution in [1.82, 2.24) is 19.3 Å². The lowest BCUT2D eigenvalue weighted by atomic mass is 9.96. The van der Waals surface area contributed by atoms with Crippen LogP contribution in [0.15, 0.2) is 91.0 Å². The molecule has 1 aliphatic rings. The summed E-state index contributed by atoms with van der Waals surface area (Å²) in [5.41, 5.74) is 6.13. The number of aromatic nitrogens is 2. The molecule has 206 valence electrons. The van der Waals surface area contributed by atoms with Crippen LogP contribution >= 0.6 is 11.8 Å². The minimum atomic E-state index is -0.242. The van der Waals surface area contributed by atoms with Crippen molar-refractivity contribution in [2.75, 3.05) is 13.1 Å². The molecule has 0 saturated carbocycles. The first-order valence-corrected chi connectivity index (χ1v) is 14.7. The van der Waals surface area contributed by atoms with E-state index >= 15 is 0 Å². The van der Waals surface area contributed by atoms with Gasteiger partial charge in [-0.1, -0.05) is 78.9 Å². The van der Waals surface area contributed by atoms with E-state index in [-0.39, 0.29) is 11.8 Å². The van der Waals surface area contributed by atoms with Crippen molar-refractivity contribution in [3.8, 4) is 0 Å². The molecular weight excluding hydrogens is 544 g/mol. The number of rotatable bonds is 7. The lowest BCUT2D eigenvalue weighted by molar-refractivity contribution is 0.0654. The quantitative estimate of drug-likeness (QED) is 0.118. The molecule has 0 bridgehead atoms. The largest absolute Gasteiger partial charge is 0.353 e. The number of benzene rings is 5. The molecule has 3 heterocycles.